The van der Waals surface area contributed by atoms with Crippen molar-refractivity contribution in [3.63, 3.8) is 0 Å². The summed E-state index contributed by atoms with van der Waals surface area (Å²) in [4.78, 5) is 23.9. The van der Waals surface area contributed by atoms with Gasteiger partial charge in [-0.25, -0.2) is 4.79 Å². The number of furan rings is 1. The van der Waals surface area contributed by atoms with Gasteiger partial charge in [0.2, 0.25) is 0 Å². The molecule has 0 bridgehead atoms. The Bertz CT molecular complexity index is 951. The predicted octanol–water partition coefficient (Wildman–Crippen LogP) is 2.27. The van der Waals surface area contributed by atoms with Gasteiger partial charge in [0.1, 0.15) is 18.7 Å². The van der Waals surface area contributed by atoms with Crippen LogP contribution < -0.4 is 5.32 Å². The molecule has 3 aromatic rings. The van der Waals surface area contributed by atoms with Crippen molar-refractivity contribution in [1.29, 1.82) is 5.26 Å². The van der Waals surface area contributed by atoms with Crippen molar-refractivity contribution in [3.05, 3.63) is 65.9 Å². The number of aromatic nitrogens is 1. The van der Waals surface area contributed by atoms with Gasteiger partial charge >= 0.3 is 5.97 Å². The lowest BCUT2D eigenvalue weighted by Crippen LogP contribution is -2.39. The molecular weight excluding hydrogens is 322 g/mol. The monoisotopic (exact) mass is 337 g/mol. The lowest BCUT2D eigenvalue weighted by molar-refractivity contribution is -0.146. The van der Waals surface area contributed by atoms with E-state index in [0.717, 1.165) is 5.52 Å². The number of carbonyl (C=O) groups is 2. The maximum Gasteiger partial charge on any atom is 0.328 e. The van der Waals surface area contributed by atoms with Crippen LogP contribution in [0, 0.1) is 11.3 Å². The minimum absolute atomic E-state index is 0.0512. The molecule has 25 heavy (non-hydrogen) atoms. The fourth-order valence-corrected chi connectivity index (χ4v) is 2.42. The van der Waals surface area contributed by atoms with Gasteiger partial charge < -0.3 is 18.9 Å². The van der Waals surface area contributed by atoms with Gasteiger partial charge in [-0.15, -0.1) is 0 Å². The van der Waals surface area contributed by atoms with E-state index in [1.54, 1.807) is 16.7 Å². The van der Waals surface area contributed by atoms with Crippen LogP contribution in [-0.4, -0.2) is 22.3 Å². The van der Waals surface area contributed by atoms with Gasteiger partial charge in [-0.2, -0.15) is 5.26 Å². The van der Waals surface area contributed by atoms with E-state index in [0.29, 0.717) is 11.1 Å². The normalized spacial score (nSPS) is 11.7. The van der Waals surface area contributed by atoms with E-state index < -0.39 is 17.9 Å². The Hall–Kier alpha value is -3.53. The molecule has 1 amide bonds. The number of hydrogen-bond donors (Lipinski definition) is 1. The summed E-state index contributed by atoms with van der Waals surface area (Å²) in [7, 11) is 0. The van der Waals surface area contributed by atoms with Gasteiger partial charge in [0, 0.05) is 18.0 Å². The maximum atomic E-state index is 12.1. The van der Waals surface area contributed by atoms with Gasteiger partial charge in [0.25, 0.3) is 5.91 Å². The van der Waals surface area contributed by atoms with Crippen molar-refractivity contribution in [2.45, 2.75) is 19.6 Å². The molecule has 126 valence electrons. The lowest BCUT2D eigenvalue weighted by atomic mass is 10.2. The van der Waals surface area contributed by atoms with Crippen LogP contribution in [-0.2, 0) is 16.1 Å². The highest BCUT2D eigenvalue weighted by Crippen LogP contribution is 2.18. The minimum atomic E-state index is -0.847. The van der Waals surface area contributed by atoms with Crippen LogP contribution in [0.15, 0.2) is 53.4 Å². The zero-order valence-electron chi connectivity index (χ0n) is 13.4. The fourth-order valence-electron chi connectivity index (χ4n) is 2.42. The Morgan fingerprint density at radius 1 is 1.36 bits per heavy atom. The number of rotatable bonds is 5. The zero-order chi connectivity index (χ0) is 17.8. The Labute approximate surface area is 143 Å². The first-order valence-corrected chi connectivity index (χ1v) is 7.60. The Kier molecular flexibility index (Phi) is 4.53. The number of carbonyl (C=O) groups excluding carboxylic acids is 2. The van der Waals surface area contributed by atoms with E-state index in [-0.39, 0.29) is 12.4 Å². The second kappa shape index (κ2) is 6.93. The Morgan fingerprint density at radius 3 is 2.92 bits per heavy atom. The van der Waals surface area contributed by atoms with Crippen molar-refractivity contribution >= 4 is 17.4 Å². The highest BCUT2D eigenvalue weighted by Gasteiger charge is 2.20. The van der Waals surface area contributed by atoms with Crippen LogP contribution in [0.3, 0.4) is 0 Å². The van der Waals surface area contributed by atoms with Crippen LogP contribution in [0.4, 0.5) is 0 Å². The third-order valence-corrected chi connectivity index (χ3v) is 3.69. The number of nitriles is 1. The summed E-state index contributed by atoms with van der Waals surface area (Å²) in [5.74, 6) is -0.981. The van der Waals surface area contributed by atoms with E-state index >= 15 is 0 Å². The molecule has 0 saturated carbocycles. The van der Waals surface area contributed by atoms with Crippen LogP contribution in [0.25, 0.3) is 5.52 Å². The topological polar surface area (TPSA) is 96.7 Å². The molecule has 1 atom stereocenters. The standard InChI is InChI=1S/C18H15N3O4/c1-12(20-17(22)16-6-4-8-24-16)18(23)25-11-13-10-21-7-3-2-5-15(21)14(13)9-19/h2-8,10,12H,11H2,1H3,(H,20,22)/t12-/m1/s1. The third kappa shape index (κ3) is 3.38. The SMILES string of the molecule is C[C@@H](NC(=O)c1ccco1)C(=O)OCc1cn2ccccc2c1C#N. The number of nitrogens with one attached hydrogen (secondary N) is 1. The molecule has 0 aliphatic carbocycles. The van der Waals surface area contributed by atoms with Gasteiger partial charge in [-0.05, 0) is 31.2 Å². The second-order valence-corrected chi connectivity index (χ2v) is 5.41. The number of fused-ring (bicyclic) bond motifs is 1. The largest absolute Gasteiger partial charge is 0.459 e. The molecule has 0 spiro atoms. The van der Waals surface area contributed by atoms with Crippen molar-refractivity contribution < 1.29 is 18.7 Å². The zero-order valence-corrected chi connectivity index (χ0v) is 13.4. The highest BCUT2D eigenvalue weighted by molar-refractivity contribution is 5.94. The van der Waals surface area contributed by atoms with Crippen molar-refractivity contribution in [2.24, 2.45) is 0 Å². The number of ether oxygens (including phenoxy) is 1. The number of amides is 1. The molecule has 0 fully saturated rings. The predicted molar refractivity (Wildman–Crippen MR) is 87.5 cm³/mol. The van der Waals surface area contributed by atoms with Gasteiger partial charge in [-0.1, -0.05) is 6.07 Å². The van der Waals surface area contributed by atoms with Crippen LogP contribution in [0.1, 0.15) is 28.6 Å². The quantitative estimate of drug-likeness (QED) is 0.720. The van der Waals surface area contributed by atoms with Crippen molar-refractivity contribution in [3.8, 4) is 6.07 Å². The Morgan fingerprint density at radius 2 is 2.20 bits per heavy atom. The first-order valence-electron chi connectivity index (χ1n) is 7.60. The number of nitrogens with zero attached hydrogens (tertiary/aromatic N) is 2. The minimum Gasteiger partial charge on any atom is -0.459 e. The number of hydrogen-bond acceptors (Lipinski definition) is 5. The van der Waals surface area contributed by atoms with Crippen LogP contribution >= 0.6 is 0 Å². The molecular formula is C18H15N3O4. The fraction of sp³-hybridized carbons (Fsp3) is 0.167. The molecule has 0 aromatic carbocycles. The van der Waals surface area contributed by atoms with E-state index in [2.05, 4.69) is 11.4 Å². The maximum absolute atomic E-state index is 12.1. The smallest absolute Gasteiger partial charge is 0.328 e. The summed E-state index contributed by atoms with van der Waals surface area (Å²) in [6.07, 6.45) is 4.93. The molecule has 0 unspecified atom stereocenters. The first-order chi connectivity index (χ1) is 12.1. The summed E-state index contributed by atoms with van der Waals surface area (Å²) in [5.41, 5.74) is 1.81. The summed E-state index contributed by atoms with van der Waals surface area (Å²) in [6, 6.07) is 9.85. The van der Waals surface area contributed by atoms with E-state index in [4.69, 9.17) is 9.15 Å². The van der Waals surface area contributed by atoms with E-state index in [1.165, 1.54) is 19.3 Å². The molecule has 3 rings (SSSR count). The molecule has 0 aliphatic rings. The molecule has 3 aromatic heterocycles. The van der Waals surface area contributed by atoms with Crippen LogP contribution in [0.5, 0.6) is 0 Å². The molecule has 0 aliphatic heterocycles. The lowest BCUT2D eigenvalue weighted by Gasteiger charge is -2.12. The van der Waals surface area contributed by atoms with Gasteiger partial charge in [0.15, 0.2) is 5.76 Å². The average molecular weight is 337 g/mol. The second-order valence-electron chi connectivity index (χ2n) is 5.41. The molecule has 7 nitrogen and oxygen atoms in total. The van der Waals surface area contributed by atoms with Crippen LogP contribution in [0.2, 0.25) is 0 Å². The number of esters is 1. The summed E-state index contributed by atoms with van der Waals surface area (Å²) in [5, 5.41) is 11.8. The number of pyridine rings is 1. The Balaban J connectivity index is 1.64. The van der Waals surface area contributed by atoms with Crippen molar-refractivity contribution in [1.82, 2.24) is 9.72 Å². The summed E-state index contributed by atoms with van der Waals surface area (Å²) in [6.45, 7) is 1.47. The third-order valence-electron chi connectivity index (χ3n) is 3.69. The van der Waals surface area contributed by atoms with Gasteiger partial charge in [-0.3, -0.25) is 4.79 Å². The molecule has 0 radical (unpaired) electrons. The highest BCUT2D eigenvalue weighted by atomic mass is 16.5. The first kappa shape index (κ1) is 16.3. The molecule has 7 heteroatoms. The molecule has 3 heterocycles. The van der Waals surface area contributed by atoms with E-state index in [9.17, 15) is 14.9 Å². The summed E-state index contributed by atoms with van der Waals surface area (Å²) >= 11 is 0. The average Bonchev–Trinajstić information content (AvgIpc) is 3.26. The molecule has 0 saturated heterocycles. The van der Waals surface area contributed by atoms with Gasteiger partial charge in [0.05, 0.1) is 17.3 Å². The summed E-state index contributed by atoms with van der Waals surface area (Å²) < 4.78 is 12.0. The van der Waals surface area contributed by atoms with Crippen molar-refractivity contribution in [2.75, 3.05) is 0 Å². The van der Waals surface area contributed by atoms with E-state index in [1.807, 2.05) is 24.4 Å². The molecule has 1 N–H and O–H groups in total.